The monoisotopic (exact) mass is 381 g/mol. The number of nitrogen functional groups attached to an aromatic ring is 1. The molecule has 1 aliphatic heterocycles. The van der Waals surface area contributed by atoms with Crippen molar-refractivity contribution >= 4 is 31.6 Å². The van der Waals surface area contributed by atoms with Gasteiger partial charge in [0.2, 0.25) is 10.0 Å². The van der Waals surface area contributed by atoms with Crippen molar-refractivity contribution in [3.8, 4) is 0 Å². The van der Waals surface area contributed by atoms with Gasteiger partial charge in [-0.3, -0.25) is 4.90 Å². The Hall–Kier alpha value is -0.740. The van der Waals surface area contributed by atoms with Crippen LogP contribution < -0.4 is 5.73 Å². The Labute approximate surface area is 131 Å². The number of β-amino-alcohol motifs (C(OH)–C–C–N with tert-alkyl or cyclic N) is 1. The van der Waals surface area contributed by atoms with Crippen LogP contribution in [0.1, 0.15) is 0 Å². The van der Waals surface area contributed by atoms with Crippen LogP contribution >= 0.6 is 15.9 Å². The van der Waals surface area contributed by atoms with Gasteiger partial charge in [-0.15, -0.1) is 0 Å². The molecule has 0 aliphatic carbocycles. The van der Waals surface area contributed by atoms with Gasteiger partial charge < -0.3 is 10.8 Å². The summed E-state index contributed by atoms with van der Waals surface area (Å²) in [7, 11) is -3.72. The normalized spacial score (nSPS) is 18.0. The molecule has 1 fully saturated rings. The second-order valence-electron chi connectivity index (χ2n) is 4.77. The molecule has 0 spiro atoms. The molecule has 0 saturated carbocycles. The molecular weight excluding hydrogens is 365 g/mol. The van der Waals surface area contributed by atoms with Crippen molar-refractivity contribution in [2.45, 2.75) is 4.90 Å². The number of aliphatic hydroxyl groups excluding tert-OH is 1. The SMILES string of the molecule is Nc1cc(S(=O)(=O)N2CCN(CCO)CC2)c(Br)cc1F. The minimum absolute atomic E-state index is 0.0305. The highest BCUT2D eigenvalue weighted by atomic mass is 79.9. The van der Waals surface area contributed by atoms with Gasteiger partial charge in [-0.1, -0.05) is 0 Å². The molecule has 1 heterocycles. The van der Waals surface area contributed by atoms with Crippen LogP contribution in [0.4, 0.5) is 10.1 Å². The molecule has 1 aromatic rings. The zero-order chi connectivity index (χ0) is 15.6. The number of nitrogens with zero attached hydrogens (tertiary/aromatic N) is 2. The summed E-state index contributed by atoms with van der Waals surface area (Å²) in [6.07, 6.45) is 0. The number of nitrogens with two attached hydrogens (primary N) is 1. The van der Waals surface area contributed by atoms with Gasteiger partial charge in [0.25, 0.3) is 0 Å². The molecule has 9 heteroatoms. The van der Waals surface area contributed by atoms with Crippen LogP contribution in [0.3, 0.4) is 0 Å². The van der Waals surface area contributed by atoms with Gasteiger partial charge in [0.15, 0.2) is 0 Å². The van der Waals surface area contributed by atoms with Crippen molar-refractivity contribution in [2.75, 3.05) is 45.1 Å². The van der Waals surface area contributed by atoms with E-state index in [-0.39, 0.29) is 21.7 Å². The third kappa shape index (κ3) is 3.54. The van der Waals surface area contributed by atoms with Gasteiger partial charge in [0.1, 0.15) is 5.82 Å². The molecule has 118 valence electrons. The maximum absolute atomic E-state index is 13.3. The van der Waals surface area contributed by atoms with Gasteiger partial charge in [-0.2, -0.15) is 4.31 Å². The molecule has 21 heavy (non-hydrogen) atoms. The number of rotatable bonds is 4. The predicted molar refractivity (Wildman–Crippen MR) is 80.8 cm³/mol. The molecular formula is C12H17BrFN3O3S. The smallest absolute Gasteiger partial charge is 0.244 e. The van der Waals surface area contributed by atoms with Crippen molar-refractivity contribution in [1.29, 1.82) is 0 Å². The standard InChI is InChI=1S/C12H17BrFN3O3S/c13-9-7-10(14)11(15)8-12(9)21(19,20)17-3-1-16(2-4-17)5-6-18/h7-8,18H,1-6,15H2. The molecule has 0 bridgehead atoms. The van der Waals surface area contributed by atoms with E-state index in [9.17, 15) is 12.8 Å². The van der Waals surface area contributed by atoms with Gasteiger partial charge >= 0.3 is 0 Å². The lowest BCUT2D eigenvalue weighted by Crippen LogP contribution is -2.49. The quantitative estimate of drug-likeness (QED) is 0.740. The van der Waals surface area contributed by atoms with E-state index in [1.165, 1.54) is 4.31 Å². The summed E-state index contributed by atoms with van der Waals surface area (Å²) in [5.41, 5.74) is 5.26. The average Bonchev–Trinajstić information content (AvgIpc) is 2.43. The maximum atomic E-state index is 13.3. The minimum atomic E-state index is -3.72. The lowest BCUT2D eigenvalue weighted by atomic mass is 10.3. The summed E-state index contributed by atoms with van der Waals surface area (Å²) in [6.45, 7) is 2.33. The van der Waals surface area contributed by atoms with E-state index >= 15 is 0 Å². The number of aliphatic hydroxyl groups is 1. The molecule has 6 nitrogen and oxygen atoms in total. The van der Waals surface area contributed by atoms with Crippen molar-refractivity contribution < 1.29 is 17.9 Å². The molecule has 2 rings (SSSR count). The largest absolute Gasteiger partial charge is 0.396 e. The molecule has 0 aromatic heterocycles. The molecule has 0 atom stereocenters. The van der Waals surface area contributed by atoms with Crippen molar-refractivity contribution in [2.24, 2.45) is 0 Å². The highest BCUT2D eigenvalue weighted by Gasteiger charge is 2.30. The van der Waals surface area contributed by atoms with Crippen LogP contribution in [0.15, 0.2) is 21.5 Å². The zero-order valence-corrected chi connectivity index (χ0v) is 13.7. The molecule has 1 aromatic carbocycles. The highest BCUT2D eigenvalue weighted by Crippen LogP contribution is 2.29. The molecule has 3 N–H and O–H groups in total. The number of halogens is 2. The van der Waals surface area contributed by atoms with Gasteiger partial charge in [0, 0.05) is 37.2 Å². The number of hydrogen-bond donors (Lipinski definition) is 2. The lowest BCUT2D eigenvalue weighted by molar-refractivity contribution is 0.151. The van der Waals surface area contributed by atoms with Crippen molar-refractivity contribution in [1.82, 2.24) is 9.21 Å². The second kappa shape index (κ2) is 6.57. The molecule has 1 saturated heterocycles. The molecule has 0 amide bonds. The number of hydrogen-bond acceptors (Lipinski definition) is 5. The Morgan fingerprint density at radius 2 is 1.90 bits per heavy atom. The number of anilines is 1. The second-order valence-corrected chi connectivity index (χ2v) is 7.53. The first-order valence-corrected chi connectivity index (χ1v) is 8.67. The Kier molecular flexibility index (Phi) is 5.20. The Bertz CT molecular complexity index is 618. The first-order chi connectivity index (χ1) is 9.86. The molecule has 0 unspecified atom stereocenters. The Morgan fingerprint density at radius 1 is 1.29 bits per heavy atom. The summed E-state index contributed by atoms with van der Waals surface area (Å²) < 4.78 is 40.0. The van der Waals surface area contributed by atoms with Gasteiger partial charge in [-0.25, -0.2) is 12.8 Å². The lowest BCUT2D eigenvalue weighted by Gasteiger charge is -2.33. The van der Waals surface area contributed by atoms with Crippen LogP contribution in [0.25, 0.3) is 0 Å². The van der Waals surface area contributed by atoms with E-state index in [4.69, 9.17) is 10.8 Å². The van der Waals surface area contributed by atoms with Crippen LogP contribution in [-0.4, -0.2) is 62.1 Å². The van der Waals surface area contributed by atoms with E-state index in [0.717, 1.165) is 12.1 Å². The Morgan fingerprint density at radius 3 is 2.48 bits per heavy atom. The van der Waals surface area contributed by atoms with Gasteiger partial charge in [-0.05, 0) is 28.1 Å². The number of benzene rings is 1. The van der Waals surface area contributed by atoms with E-state index in [2.05, 4.69) is 15.9 Å². The predicted octanol–water partition coefficient (Wildman–Crippen LogP) is 0.469. The van der Waals surface area contributed by atoms with Crippen LogP contribution in [0.5, 0.6) is 0 Å². The fourth-order valence-corrected chi connectivity index (χ4v) is 4.65. The Balaban J connectivity index is 2.22. The van der Waals surface area contributed by atoms with E-state index in [1.807, 2.05) is 4.90 Å². The summed E-state index contributed by atoms with van der Waals surface area (Å²) in [5, 5.41) is 8.89. The highest BCUT2D eigenvalue weighted by molar-refractivity contribution is 9.10. The van der Waals surface area contributed by atoms with E-state index in [1.54, 1.807) is 0 Å². The molecule has 0 radical (unpaired) electrons. The number of piperazine rings is 1. The number of sulfonamides is 1. The summed E-state index contributed by atoms with van der Waals surface area (Å²) in [5.74, 6) is -0.659. The third-order valence-corrected chi connectivity index (χ3v) is 6.27. The third-order valence-electron chi connectivity index (χ3n) is 3.42. The summed E-state index contributed by atoms with van der Waals surface area (Å²) >= 11 is 3.08. The summed E-state index contributed by atoms with van der Waals surface area (Å²) in [4.78, 5) is 1.96. The zero-order valence-electron chi connectivity index (χ0n) is 11.3. The maximum Gasteiger partial charge on any atom is 0.244 e. The van der Waals surface area contributed by atoms with E-state index < -0.39 is 15.8 Å². The van der Waals surface area contributed by atoms with Gasteiger partial charge in [0.05, 0.1) is 17.2 Å². The summed E-state index contributed by atoms with van der Waals surface area (Å²) in [6, 6.07) is 2.19. The van der Waals surface area contributed by atoms with Crippen LogP contribution in [-0.2, 0) is 10.0 Å². The van der Waals surface area contributed by atoms with Crippen LogP contribution in [0.2, 0.25) is 0 Å². The first-order valence-electron chi connectivity index (χ1n) is 6.44. The van der Waals surface area contributed by atoms with Crippen molar-refractivity contribution in [3.05, 3.63) is 22.4 Å². The average molecular weight is 382 g/mol. The topological polar surface area (TPSA) is 86.9 Å². The van der Waals surface area contributed by atoms with Crippen molar-refractivity contribution in [3.63, 3.8) is 0 Å². The fraction of sp³-hybridized carbons (Fsp3) is 0.500. The first kappa shape index (κ1) is 16.6. The van der Waals surface area contributed by atoms with Crippen LogP contribution in [0, 0.1) is 5.82 Å². The fourth-order valence-electron chi connectivity index (χ4n) is 2.22. The minimum Gasteiger partial charge on any atom is -0.396 e. The molecule has 1 aliphatic rings. The van der Waals surface area contributed by atoms with E-state index in [0.29, 0.717) is 32.7 Å².